The van der Waals surface area contributed by atoms with Gasteiger partial charge in [-0.05, 0) is 26.8 Å². The fraction of sp³-hybridized carbons (Fsp3) is 0.786. The van der Waals surface area contributed by atoms with Crippen LogP contribution in [-0.2, 0) is 11.2 Å². The van der Waals surface area contributed by atoms with Crippen molar-refractivity contribution in [2.24, 2.45) is 5.73 Å². The molecule has 0 aliphatic carbocycles. The maximum Gasteiger partial charge on any atom is 0.0947 e. The summed E-state index contributed by atoms with van der Waals surface area (Å²) in [7, 11) is 0. The molecule has 2 heterocycles. The van der Waals surface area contributed by atoms with Crippen LogP contribution in [0, 0.1) is 13.8 Å². The van der Waals surface area contributed by atoms with Crippen LogP contribution >= 0.6 is 11.3 Å². The third kappa shape index (κ3) is 3.99. The molecule has 0 saturated carbocycles. The highest BCUT2D eigenvalue weighted by atomic mass is 32.1. The zero-order chi connectivity index (χ0) is 13.8. The van der Waals surface area contributed by atoms with Gasteiger partial charge in [0, 0.05) is 30.4 Å². The number of aromatic nitrogens is 1. The van der Waals surface area contributed by atoms with Crippen molar-refractivity contribution in [3.8, 4) is 0 Å². The predicted octanol–water partition coefficient (Wildman–Crippen LogP) is 1.74. The van der Waals surface area contributed by atoms with Crippen molar-refractivity contribution in [3.05, 3.63) is 15.6 Å². The number of nitrogens with two attached hydrogens (primary N) is 1. The van der Waals surface area contributed by atoms with E-state index < -0.39 is 0 Å². The number of ether oxygens (including phenoxy) is 1. The summed E-state index contributed by atoms with van der Waals surface area (Å²) in [5.41, 5.74) is 7.44. The van der Waals surface area contributed by atoms with Crippen LogP contribution in [0.3, 0.4) is 0 Å². The highest BCUT2D eigenvalue weighted by Gasteiger charge is 2.26. The monoisotopic (exact) mass is 283 g/mol. The molecule has 1 aliphatic heterocycles. The molecule has 2 unspecified atom stereocenters. The Bertz CT molecular complexity index is 386. The Kier molecular flexibility index (Phi) is 5.33. The Morgan fingerprint density at radius 1 is 1.53 bits per heavy atom. The molecule has 1 fully saturated rings. The van der Waals surface area contributed by atoms with Gasteiger partial charge in [0.15, 0.2) is 0 Å². The molecule has 1 saturated heterocycles. The lowest BCUT2D eigenvalue weighted by molar-refractivity contribution is -0.0400. The third-order valence-electron chi connectivity index (χ3n) is 3.68. The molecule has 1 aromatic heterocycles. The number of rotatable bonds is 5. The second kappa shape index (κ2) is 6.79. The first kappa shape index (κ1) is 14.9. The highest BCUT2D eigenvalue weighted by molar-refractivity contribution is 7.11. The first-order chi connectivity index (χ1) is 9.10. The lowest BCUT2D eigenvalue weighted by atomic mass is 10.1. The zero-order valence-electron chi connectivity index (χ0n) is 12.2. The smallest absolute Gasteiger partial charge is 0.0947 e. The minimum Gasteiger partial charge on any atom is -0.374 e. The molecule has 0 aromatic carbocycles. The van der Waals surface area contributed by atoms with Gasteiger partial charge in [-0.2, -0.15) is 0 Å². The van der Waals surface area contributed by atoms with Crippen molar-refractivity contribution in [2.45, 2.75) is 45.8 Å². The Morgan fingerprint density at radius 2 is 2.32 bits per heavy atom. The van der Waals surface area contributed by atoms with Crippen molar-refractivity contribution < 1.29 is 4.74 Å². The van der Waals surface area contributed by atoms with E-state index in [2.05, 4.69) is 30.7 Å². The topological polar surface area (TPSA) is 51.4 Å². The van der Waals surface area contributed by atoms with Gasteiger partial charge in [0.1, 0.15) is 0 Å². The maximum absolute atomic E-state index is 6.31. The summed E-state index contributed by atoms with van der Waals surface area (Å²) in [6.07, 6.45) is 2.15. The summed E-state index contributed by atoms with van der Waals surface area (Å²) in [6, 6.07) is 0.0459. The van der Waals surface area contributed by atoms with E-state index in [1.807, 2.05) is 0 Å². The van der Waals surface area contributed by atoms with Crippen LogP contribution in [0.4, 0.5) is 0 Å². The zero-order valence-corrected chi connectivity index (χ0v) is 13.0. The van der Waals surface area contributed by atoms with Crippen LogP contribution in [0.5, 0.6) is 0 Å². The summed E-state index contributed by atoms with van der Waals surface area (Å²) >= 11 is 1.76. The van der Waals surface area contributed by atoms with E-state index in [1.54, 1.807) is 11.3 Å². The minimum atomic E-state index is 0.0459. The third-order valence-corrected chi connectivity index (χ3v) is 4.77. The summed E-state index contributed by atoms with van der Waals surface area (Å²) in [5.74, 6) is 0. The van der Waals surface area contributed by atoms with Gasteiger partial charge in [-0.1, -0.05) is 6.92 Å². The van der Waals surface area contributed by atoms with E-state index in [0.717, 1.165) is 43.4 Å². The van der Waals surface area contributed by atoms with E-state index in [1.165, 1.54) is 11.3 Å². The second-order valence-corrected chi connectivity index (χ2v) is 6.61. The average molecular weight is 283 g/mol. The van der Waals surface area contributed by atoms with Crippen molar-refractivity contribution in [1.82, 2.24) is 9.88 Å². The van der Waals surface area contributed by atoms with Crippen LogP contribution in [-0.4, -0.2) is 48.3 Å². The molecule has 0 spiro atoms. The summed E-state index contributed by atoms with van der Waals surface area (Å²) < 4.78 is 5.84. The average Bonchev–Trinajstić information content (AvgIpc) is 2.69. The van der Waals surface area contributed by atoms with Gasteiger partial charge in [0.25, 0.3) is 0 Å². The Morgan fingerprint density at radius 3 is 2.95 bits per heavy atom. The van der Waals surface area contributed by atoms with Gasteiger partial charge < -0.3 is 10.5 Å². The van der Waals surface area contributed by atoms with Crippen LogP contribution < -0.4 is 5.73 Å². The molecular formula is C14H25N3OS. The normalized spacial score (nSPS) is 22.6. The first-order valence-electron chi connectivity index (χ1n) is 7.12. The second-order valence-electron chi connectivity index (χ2n) is 5.33. The summed E-state index contributed by atoms with van der Waals surface area (Å²) in [6.45, 7) is 10.3. The fourth-order valence-electron chi connectivity index (χ4n) is 2.47. The molecule has 2 N–H and O–H groups in total. The quantitative estimate of drug-likeness (QED) is 0.894. The first-order valence-corrected chi connectivity index (χ1v) is 7.94. The van der Waals surface area contributed by atoms with Crippen molar-refractivity contribution in [1.29, 1.82) is 0 Å². The molecule has 1 aliphatic rings. The van der Waals surface area contributed by atoms with Gasteiger partial charge in [-0.3, -0.25) is 4.90 Å². The standard InChI is InChI=1S/C14H25N3OS/c1-4-5-17-6-7-18-13(9-17)12(15)8-14-16-10(2)11(3)19-14/h12-13H,4-9,15H2,1-3H3. The predicted molar refractivity (Wildman–Crippen MR) is 79.7 cm³/mol. The van der Waals surface area contributed by atoms with E-state index in [9.17, 15) is 0 Å². The number of morpholine rings is 1. The Hall–Kier alpha value is -0.490. The van der Waals surface area contributed by atoms with E-state index in [-0.39, 0.29) is 12.1 Å². The van der Waals surface area contributed by atoms with Crippen molar-refractivity contribution in [2.75, 3.05) is 26.2 Å². The van der Waals surface area contributed by atoms with Crippen molar-refractivity contribution >= 4 is 11.3 Å². The van der Waals surface area contributed by atoms with Gasteiger partial charge >= 0.3 is 0 Å². The number of hydrogen-bond donors (Lipinski definition) is 1. The largest absolute Gasteiger partial charge is 0.374 e. The van der Waals surface area contributed by atoms with Crippen molar-refractivity contribution in [3.63, 3.8) is 0 Å². The number of aryl methyl sites for hydroxylation is 2. The van der Waals surface area contributed by atoms with Crippen LogP contribution in [0.15, 0.2) is 0 Å². The number of thiazole rings is 1. The van der Waals surface area contributed by atoms with Gasteiger partial charge in [-0.15, -0.1) is 11.3 Å². The van der Waals surface area contributed by atoms with E-state index in [4.69, 9.17) is 10.5 Å². The molecule has 108 valence electrons. The van der Waals surface area contributed by atoms with Crippen LogP contribution in [0.2, 0.25) is 0 Å². The fourth-order valence-corrected chi connectivity index (χ4v) is 3.47. The Balaban J connectivity index is 1.90. The molecule has 0 amide bonds. The van der Waals surface area contributed by atoms with Crippen LogP contribution in [0.1, 0.15) is 28.9 Å². The van der Waals surface area contributed by atoms with Gasteiger partial charge in [-0.25, -0.2) is 4.98 Å². The molecule has 0 radical (unpaired) electrons. The molecule has 2 rings (SSSR count). The molecule has 0 bridgehead atoms. The highest BCUT2D eigenvalue weighted by Crippen LogP contribution is 2.19. The number of hydrogen-bond acceptors (Lipinski definition) is 5. The van der Waals surface area contributed by atoms with E-state index >= 15 is 0 Å². The summed E-state index contributed by atoms with van der Waals surface area (Å²) in [5, 5.41) is 1.14. The minimum absolute atomic E-state index is 0.0459. The maximum atomic E-state index is 6.31. The Labute approximate surface area is 120 Å². The van der Waals surface area contributed by atoms with E-state index in [0.29, 0.717) is 0 Å². The molecule has 2 atom stereocenters. The van der Waals surface area contributed by atoms with Gasteiger partial charge in [0.05, 0.1) is 23.4 Å². The molecule has 4 nitrogen and oxygen atoms in total. The lowest BCUT2D eigenvalue weighted by Gasteiger charge is -2.35. The SMILES string of the molecule is CCCN1CCOC(C(N)Cc2nc(C)c(C)s2)C1. The molecular weight excluding hydrogens is 258 g/mol. The molecule has 5 heteroatoms. The van der Waals surface area contributed by atoms with Gasteiger partial charge in [0.2, 0.25) is 0 Å². The summed E-state index contributed by atoms with van der Waals surface area (Å²) in [4.78, 5) is 8.31. The number of nitrogens with zero attached hydrogens (tertiary/aromatic N) is 2. The lowest BCUT2D eigenvalue weighted by Crippen LogP contribution is -2.51. The molecule has 19 heavy (non-hydrogen) atoms. The molecule has 1 aromatic rings. The van der Waals surface area contributed by atoms with Crippen LogP contribution in [0.25, 0.3) is 0 Å².